The molecule has 2 aromatic carbocycles. The van der Waals surface area contributed by atoms with Gasteiger partial charge in [0, 0.05) is 22.9 Å². The van der Waals surface area contributed by atoms with Crippen LogP contribution in [0.3, 0.4) is 0 Å². The number of halogens is 3. The first-order valence-electron chi connectivity index (χ1n) is 9.71. The van der Waals surface area contributed by atoms with E-state index in [0.29, 0.717) is 11.3 Å². The molecular formula is C23H19F3N2O3. The number of amides is 2. The average Bonchev–Trinajstić information content (AvgIpc) is 3.40. The molecule has 0 bridgehead atoms. The van der Waals surface area contributed by atoms with Gasteiger partial charge in [0.1, 0.15) is 5.76 Å². The van der Waals surface area contributed by atoms with Crippen molar-refractivity contribution in [3.8, 4) is 11.3 Å². The molecule has 0 saturated heterocycles. The minimum absolute atomic E-state index is 0.0559. The summed E-state index contributed by atoms with van der Waals surface area (Å²) in [5, 5.41) is 5.59. The summed E-state index contributed by atoms with van der Waals surface area (Å²) in [7, 11) is 0. The van der Waals surface area contributed by atoms with Crippen molar-refractivity contribution in [1.29, 1.82) is 0 Å². The molecule has 4 rings (SSSR count). The number of carbonyl (C=O) groups is 2. The predicted molar refractivity (Wildman–Crippen MR) is 109 cm³/mol. The second-order valence-electron chi connectivity index (χ2n) is 7.47. The number of aryl methyl sites for hydroxylation is 1. The first-order valence-corrected chi connectivity index (χ1v) is 9.71. The third-order valence-corrected chi connectivity index (χ3v) is 4.96. The maximum absolute atomic E-state index is 12.9. The fraction of sp³-hybridized carbons (Fsp3) is 0.217. The van der Waals surface area contributed by atoms with Gasteiger partial charge in [0.25, 0.3) is 11.8 Å². The smallest absolute Gasteiger partial charge is 0.416 e. The molecule has 1 saturated carbocycles. The van der Waals surface area contributed by atoms with Gasteiger partial charge in [-0.2, -0.15) is 13.2 Å². The molecule has 0 radical (unpaired) electrons. The molecule has 31 heavy (non-hydrogen) atoms. The van der Waals surface area contributed by atoms with E-state index in [1.807, 2.05) is 0 Å². The van der Waals surface area contributed by atoms with Crippen LogP contribution >= 0.6 is 0 Å². The van der Waals surface area contributed by atoms with E-state index in [2.05, 4.69) is 10.6 Å². The van der Waals surface area contributed by atoms with Crippen molar-refractivity contribution in [2.45, 2.75) is 32.0 Å². The van der Waals surface area contributed by atoms with E-state index in [9.17, 15) is 22.8 Å². The highest BCUT2D eigenvalue weighted by Crippen LogP contribution is 2.33. The lowest BCUT2D eigenvalue weighted by Gasteiger charge is -2.10. The summed E-state index contributed by atoms with van der Waals surface area (Å²) in [4.78, 5) is 24.9. The van der Waals surface area contributed by atoms with Crippen LogP contribution in [0.25, 0.3) is 11.3 Å². The Morgan fingerprint density at radius 3 is 2.48 bits per heavy atom. The SMILES string of the molecule is Cc1ccc(C(=O)NC2CC2)cc1NC(=O)c1ccc(-c2cccc(C(F)(F)F)c2)o1. The van der Waals surface area contributed by atoms with Crippen LogP contribution < -0.4 is 10.6 Å². The standard InChI is InChI=1S/C23H19F3N2O3/c1-13-5-6-15(21(29)27-17-7-8-17)12-18(13)28-22(30)20-10-9-19(31-20)14-3-2-4-16(11-14)23(24,25)26/h2-6,9-12,17H,7-8H2,1H3,(H,27,29)(H,28,30). The monoisotopic (exact) mass is 428 g/mol. The Morgan fingerprint density at radius 2 is 1.77 bits per heavy atom. The third kappa shape index (κ3) is 4.79. The highest BCUT2D eigenvalue weighted by Gasteiger charge is 2.30. The van der Waals surface area contributed by atoms with E-state index in [4.69, 9.17) is 4.42 Å². The molecule has 0 atom stereocenters. The number of nitrogens with one attached hydrogen (secondary N) is 2. The van der Waals surface area contributed by atoms with Gasteiger partial charge < -0.3 is 15.1 Å². The summed E-state index contributed by atoms with van der Waals surface area (Å²) < 4.78 is 44.3. The average molecular weight is 428 g/mol. The maximum Gasteiger partial charge on any atom is 0.416 e. The van der Waals surface area contributed by atoms with Crippen molar-refractivity contribution < 1.29 is 27.2 Å². The molecule has 160 valence electrons. The van der Waals surface area contributed by atoms with Gasteiger partial charge in [0.15, 0.2) is 5.76 Å². The Kier molecular flexibility index (Phi) is 5.31. The maximum atomic E-state index is 12.9. The molecule has 0 spiro atoms. The molecule has 0 aliphatic heterocycles. The van der Waals surface area contributed by atoms with E-state index < -0.39 is 17.6 Å². The quantitative estimate of drug-likeness (QED) is 0.570. The van der Waals surface area contributed by atoms with Gasteiger partial charge >= 0.3 is 6.18 Å². The number of hydrogen-bond acceptors (Lipinski definition) is 3. The van der Waals surface area contributed by atoms with Gasteiger partial charge in [-0.25, -0.2) is 0 Å². The van der Waals surface area contributed by atoms with Gasteiger partial charge in [0.2, 0.25) is 0 Å². The molecule has 1 aromatic heterocycles. The predicted octanol–water partition coefficient (Wildman–Crippen LogP) is 5.42. The highest BCUT2D eigenvalue weighted by molar-refractivity contribution is 6.04. The zero-order chi connectivity index (χ0) is 22.2. The van der Waals surface area contributed by atoms with Gasteiger partial charge in [-0.1, -0.05) is 18.2 Å². The Hall–Kier alpha value is -3.55. The number of hydrogen-bond donors (Lipinski definition) is 2. The first kappa shape index (κ1) is 20.7. The molecule has 3 aromatic rings. The van der Waals surface area contributed by atoms with E-state index in [1.165, 1.54) is 24.3 Å². The largest absolute Gasteiger partial charge is 0.451 e. The van der Waals surface area contributed by atoms with Crippen LogP contribution in [-0.2, 0) is 6.18 Å². The van der Waals surface area contributed by atoms with Gasteiger partial charge in [-0.05, 0) is 61.7 Å². The Labute approximate surface area is 176 Å². The Bertz CT molecular complexity index is 1150. The fourth-order valence-electron chi connectivity index (χ4n) is 3.04. The van der Waals surface area contributed by atoms with Crippen molar-refractivity contribution in [3.05, 3.63) is 77.0 Å². The van der Waals surface area contributed by atoms with Crippen LogP contribution in [0.2, 0.25) is 0 Å². The number of furan rings is 1. The van der Waals surface area contributed by atoms with E-state index in [-0.39, 0.29) is 29.0 Å². The summed E-state index contributed by atoms with van der Waals surface area (Å²) in [5.41, 5.74) is 1.04. The number of alkyl halides is 3. The van der Waals surface area contributed by atoms with Crippen molar-refractivity contribution in [2.75, 3.05) is 5.32 Å². The number of anilines is 1. The fourth-order valence-corrected chi connectivity index (χ4v) is 3.04. The van der Waals surface area contributed by atoms with Crippen LogP contribution in [0, 0.1) is 6.92 Å². The van der Waals surface area contributed by atoms with E-state index in [1.54, 1.807) is 25.1 Å². The summed E-state index contributed by atoms with van der Waals surface area (Å²) in [6.45, 7) is 1.79. The second-order valence-corrected chi connectivity index (χ2v) is 7.47. The molecule has 5 nitrogen and oxygen atoms in total. The Morgan fingerprint density at radius 1 is 1.00 bits per heavy atom. The van der Waals surface area contributed by atoms with Crippen molar-refractivity contribution in [3.63, 3.8) is 0 Å². The normalized spacial score (nSPS) is 13.7. The van der Waals surface area contributed by atoms with Crippen LogP contribution in [0.15, 0.2) is 59.0 Å². The van der Waals surface area contributed by atoms with Crippen LogP contribution in [0.4, 0.5) is 18.9 Å². The lowest BCUT2D eigenvalue weighted by molar-refractivity contribution is -0.137. The molecular weight excluding hydrogens is 409 g/mol. The minimum atomic E-state index is -4.48. The molecule has 1 fully saturated rings. The van der Waals surface area contributed by atoms with Crippen LogP contribution in [0.5, 0.6) is 0 Å². The zero-order valence-corrected chi connectivity index (χ0v) is 16.5. The van der Waals surface area contributed by atoms with E-state index in [0.717, 1.165) is 30.5 Å². The Balaban J connectivity index is 1.51. The molecule has 1 heterocycles. The third-order valence-electron chi connectivity index (χ3n) is 4.96. The van der Waals surface area contributed by atoms with Crippen molar-refractivity contribution >= 4 is 17.5 Å². The lowest BCUT2D eigenvalue weighted by atomic mass is 10.1. The minimum Gasteiger partial charge on any atom is -0.451 e. The molecule has 1 aliphatic carbocycles. The zero-order valence-electron chi connectivity index (χ0n) is 16.5. The van der Waals surface area contributed by atoms with Gasteiger partial charge in [-0.15, -0.1) is 0 Å². The van der Waals surface area contributed by atoms with Crippen LogP contribution in [0.1, 0.15) is 44.9 Å². The highest BCUT2D eigenvalue weighted by atomic mass is 19.4. The van der Waals surface area contributed by atoms with E-state index >= 15 is 0 Å². The summed E-state index contributed by atoms with van der Waals surface area (Å²) in [6.07, 6.45) is -2.54. The van der Waals surface area contributed by atoms with Gasteiger partial charge in [0.05, 0.1) is 5.56 Å². The first-order chi connectivity index (χ1) is 14.7. The number of benzene rings is 2. The molecule has 0 unspecified atom stereocenters. The topological polar surface area (TPSA) is 71.3 Å². The molecule has 1 aliphatic rings. The molecule has 2 N–H and O–H groups in total. The second kappa shape index (κ2) is 7.94. The van der Waals surface area contributed by atoms with Gasteiger partial charge in [-0.3, -0.25) is 9.59 Å². The number of rotatable bonds is 5. The number of carbonyl (C=O) groups excluding carboxylic acids is 2. The lowest BCUT2D eigenvalue weighted by Crippen LogP contribution is -2.25. The summed E-state index contributed by atoms with van der Waals surface area (Å²) in [5.74, 6) is -0.686. The summed E-state index contributed by atoms with van der Waals surface area (Å²) >= 11 is 0. The molecule has 2 amide bonds. The molecule has 8 heteroatoms. The van der Waals surface area contributed by atoms with Crippen molar-refractivity contribution in [1.82, 2.24) is 5.32 Å². The van der Waals surface area contributed by atoms with Crippen molar-refractivity contribution in [2.24, 2.45) is 0 Å². The van der Waals surface area contributed by atoms with Crippen LogP contribution in [-0.4, -0.2) is 17.9 Å². The summed E-state index contributed by atoms with van der Waals surface area (Å²) in [6, 6.07) is 12.7.